The monoisotopic (exact) mass is 393 g/mol. The molecule has 4 heteroatoms. The average molecular weight is 394 g/mol. The summed E-state index contributed by atoms with van der Waals surface area (Å²) in [5.74, 6) is 0.623. The molecule has 1 atom stereocenters. The lowest BCUT2D eigenvalue weighted by Gasteiger charge is -2.46. The quantitative estimate of drug-likeness (QED) is 0.645. The average Bonchev–Trinajstić information content (AvgIpc) is 3.36. The van der Waals surface area contributed by atoms with Gasteiger partial charge in [-0.3, -0.25) is 4.99 Å². The highest BCUT2D eigenvalue weighted by atomic mass is 35.5. The Labute approximate surface area is 172 Å². The maximum Gasteiger partial charge on any atom is 0.0862 e. The zero-order valence-corrected chi connectivity index (χ0v) is 17.1. The number of hydrogen-bond acceptors (Lipinski definition) is 3. The van der Waals surface area contributed by atoms with Crippen LogP contribution in [0.15, 0.2) is 53.5 Å². The van der Waals surface area contributed by atoms with E-state index in [1.165, 1.54) is 62.0 Å². The van der Waals surface area contributed by atoms with Gasteiger partial charge in [-0.2, -0.15) is 0 Å². The number of nitrogens with one attached hydrogen (secondary N) is 1. The number of halogens is 1. The third-order valence-corrected chi connectivity index (χ3v) is 7.18. The van der Waals surface area contributed by atoms with Crippen molar-refractivity contribution >= 4 is 34.4 Å². The minimum Gasteiger partial charge on any atom is -0.383 e. The Hall–Kier alpha value is -2.00. The Morgan fingerprint density at radius 2 is 1.82 bits per heavy atom. The van der Waals surface area contributed by atoms with Crippen LogP contribution in [-0.4, -0.2) is 24.3 Å². The maximum atomic E-state index is 6.03. The second kappa shape index (κ2) is 7.44. The number of aliphatic imine (C=N–C) groups is 1. The highest BCUT2D eigenvalue weighted by Crippen LogP contribution is 2.52. The van der Waals surface area contributed by atoms with E-state index >= 15 is 0 Å². The standard InChI is InChI=1S/C24H28ClN3/c25-18-10-12-19(13-11-18)26-16-17-28-23-9-2-1-7-22(23)27-21-8-5-6-20(21)24(28)14-3-4-15-24/h1-2,7,9-13,20,26H,3-6,8,14-17H2. The first-order chi connectivity index (χ1) is 13.8. The van der Waals surface area contributed by atoms with E-state index in [1.807, 2.05) is 12.1 Å². The third kappa shape index (κ3) is 3.10. The van der Waals surface area contributed by atoms with E-state index in [1.54, 1.807) is 0 Å². The molecule has 2 saturated carbocycles. The lowest BCUT2D eigenvalue weighted by molar-refractivity contribution is 0.316. The van der Waals surface area contributed by atoms with Crippen molar-refractivity contribution in [3.63, 3.8) is 0 Å². The molecule has 2 fully saturated rings. The molecule has 1 N–H and O–H groups in total. The summed E-state index contributed by atoms with van der Waals surface area (Å²) in [5, 5.41) is 4.38. The van der Waals surface area contributed by atoms with E-state index in [9.17, 15) is 0 Å². The lowest BCUT2D eigenvalue weighted by atomic mass is 9.78. The van der Waals surface area contributed by atoms with Gasteiger partial charge in [-0.1, -0.05) is 36.6 Å². The van der Waals surface area contributed by atoms with Crippen molar-refractivity contribution in [2.75, 3.05) is 23.3 Å². The van der Waals surface area contributed by atoms with Gasteiger partial charge in [-0.15, -0.1) is 0 Å². The molecular formula is C24H28ClN3. The van der Waals surface area contributed by atoms with Crippen LogP contribution in [0.3, 0.4) is 0 Å². The lowest BCUT2D eigenvalue weighted by Crippen LogP contribution is -2.54. The molecule has 1 spiro atoms. The van der Waals surface area contributed by atoms with E-state index in [0.717, 1.165) is 23.8 Å². The van der Waals surface area contributed by atoms with Gasteiger partial charge in [-0.25, -0.2) is 0 Å². The van der Waals surface area contributed by atoms with Gasteiger partial charge in [0, 0.05) is 41.0 Å². The number of hydrogen-bond donors (Lipinski definition) is 1. The zero-order chi connectivity index (χ0) is 19.0. The van der Waals surface area contributed by atoms with Crippen LogP contribution in [0.4, 0.5) is 17.1 Å². The van der Waals surface area contributed by atoms with Gasteiger partial charge in [0.25, 0.3) is 0 Å². The van der Waals surface area contributed by atoms with Crippen LogP contribution in [0.1, 0.15) is 44.9 Å². The second-order valence-electron chi connectivity index (χ2n) is 8.43. The van der Waals surface area contributed by atoms with E-state index in [2.05, 4.69) is 46.6 Å². The molecule has 1 unspecified atom stereocenters. The number of fused-ring (bicyclic) bond motifs is 3. The molecule has 2 aromatic rings. The van der Waals surface area contributed by atoms with Crippen molar-refractivity contribution in [2.24, 2.45) is 10.9 Å². The Balaban J connectivity index is 1.46. The fraction of sp³-hybridized carbons (Fsp3) is 0.458. The summed E-state index contributed by atoms with van der Waals surface area (Å²) in [6.45, 7) is 1.92. The van der Waals surface area contributed by atoms with Crippen LogP contribution in [0, 0.1) is 5.92 Å². The normalized spacial score (nSPS) is 22.5. The molecule has 146 valence electrons. The largest absolute Gasteiger partial charge is 0.383 e. The Kier molecular flexibility index (Phi) is 4.80. The Morgan fingerprint density at radius 1 is 1.04 bits per heavy atom. The maximum absolute atomic E-state index is 6.03. The molecule has 3 aliphatic rings. The van der Waals surface area contributed by atoms with E-state index in [4.69, 9.17) is 16.6 Å². The van der Waals surface area contributed by atoms with Crippen molar-refractivity contribution < 1.29 is 0 Å². The number of benzene rings is 2. The summed E-state index contributed by atoms with van der Waals surface area (Å²) in [4.78, 5) is 7.91. The first-order valence-corrected chi connectivity index (χ1v) is 11.1. The van der Waals surface area contributed by atoms with Gasteiger partial charge in [0.2, 0.25) is 0 Å². The van der Waals surface area contributed by atoms with E-state index < -0.39 is 0 Å². The summed E-state index contributed by atoms with van der Waals surface area (Å²) >= 11 is 6.03. The highest BCUT2D eigenvalue weighted by Gasteiger charge is 2.50. The first-order valence-electron chi connectivity index (χ1n) is 10.7. The molecule has 1 heterocycles. The highest BCUT2D eigenvalue weighted by molar-refractivity contribution is 6.30. The summed E-state index contributed by atoms with van der Waals surface area (Å²) in [5.41, 5.74) is 5.33. The van der Waals surface area contributed by atoms with Crippen LogP contribution in [0.2, 0.25) is 5.02 Å². The van der Waals surface area contributed by atoms with Crippen molar-refractivity contribution in [3.8, 4) is 0 Å². The molecule has 0 aromatic heterocycles. The minimum absolute atomic E-state index is 0.254. The van der Waals surface area contributed by atoms with Gasteiger partial charge in [0.1, 0.15) is 0 Å². The molecular weight excluding hydrogens is 366 g/mol. The molecule has 2 aliphatic carbocycles. The van der Waals surface area contributed by atoms with Crippen molar-refractivity contribution in [3.05, 3.63) is 53.6 Å². The summed E-state index contributed by atoms with van der Waals surface area (Å²) in [6, 6.07) is 16.8. The number of para-hydroxylation sites is 2. The predicted octanol–water partition coefficient (Wildman–Crippen LogP) is 6.46. The number of nitrogens with zero attached hydrogens (tertiary/aromatic N) is 2. The summed E-state index contributed by atoms with van der Waals surface area (Å²) < 4.78 is 0. The minimum atomic E-state index is 0.254. The molecule has 28 heavy (non-hydrogen) atoms. The van der Waals surface area contributed by atoms with Gasteiger partial charge in [0.05, 0.1) is 11.4 Å². The van der Waals surface area contributed by atoms with Crippen LogP contribution < -0.4 is 10.2 Å². The first kappa shape index (κ1) is 18.1. The molecule has 0 amide bonds. The van der Waals surface area contributed by atoms with Crippen LogP contribution >= 0.6 is 11.6 Å². The molecule has 3 nitrogen and oxygen atoms in total. The molecule has 2 aromatic carbocycles. The van der Waals surface area contributed by atoms with E-state index in [0.29, 0.717) is 5.92 Å². The van der Waals surface area contributed by atoms with Gasteiger partial charge >= 0.3 is 0 Å². The molecule has 0 saturated heterocycles. The second-order valence-corrected chi connectivity index (χ2v) is 8.87. The Bertz CT molecular complexity index is 868. The molecule has 0 bridgehead atoms. The van der Waals surface area contributed by atoms with Crippen LogP contribution in [-0.2, 0) is 0 Å². The third-order valence-electron chi connectivity index (χ3n) is 6.93. The summed E-state index contributed by atoms with van der Waals surface area (Å²) in [6.07, 6.45) is 9.05. The zero-order valence-electron chi connectivity index (χ0n) is 16.3. The number of anilines is 2. The van der Waals surface area contributed by atoms with Gasteiger partial charge in [0.15, 0.2) is 0 Å². The fourth-order valence-electron chi connectivity index (χ4n) is 5.74. The van der Waals surface area contributed by atoms with Crippen LogP contribution in [0.5, 0.6) is 0 Å². The van der Waals surface area contributed by atoms with E-state index in [-0.39, 0.29) is 5.54 Å². The van der Waals surface area contributed by atoms with Crippen molar-refractivity contribution in [2.45, 2.75) is 50.5 Å². The fourth-order valence-corrected chi connectivity index (χ4v) is 5.86. The van der Waals surface area contributed by atoms with Crippen LogP contribution in [0.25, 0.3) is 0 Å². The Morgan fingerprint density at radius 3 is 2.64 bits per heavy atom. The van der Waals surface area contributed by atoms with Gasteiger partial charge in [-0.05, 0) is 68.5 Å². The summed E-state index contributed by atoms with van der Waals surface area (Å²) in [7, 11) is 0. The SMILES string of the molecule is Clc1ccc(NCCN2c3ccccc3N=C3CCCC3C23CCCC3)cc1. The number of rotatable bonds is 4. The predicted molar refractivity (Wildman–Crippen MR) is 119 cm³/mol. The molecule has 0 radical (unpaired) electrons. The molecule has 5 rings (SSSR count). The van der Waals surface area contributed by atoms with Crippen molar-refractivity contribution in [1.29, 1.82) is 0 Å². The smallest absolute Gasteiger partial charge is 0.0862 e. The topological polar surface area (TPSA) is 27.6 Å². The molecule has 1 aliphatic heterocycles. The van der Waals surface area contributed by atoms with Crippen molar-refractivity contribution in [1.82, 2.24) is 0 Å². The van der Waals surface area contributed by atoms with Gasteiger partial charge < -0.3 is 10.2 Å².